The number of hydrogen-bond acceptors (Lipinski definition) is 6. The molecular weight excluding hydrogens is 401 g/mol. The SMILES string of the molecule is C1CCNC1.OC1=C(Br)CNC=C1NCc1cc2nccnc2cc1F. The van der Waals surface area contributed by atoms with Gasteiger partial charge in [0.25, 0.3) is 0 Å². The number of nitrogens with one attached hydrogen (secondary N) is 3. The summed E-state index contributed by atoms with van der Waals surface area (Å²) in [5.41, 5.74) is 2.11. The largest absolute Gasteiger partial charge is 0.505 e. The van der Waals surface area contributed by atoms with E-state index < -0.39 is 0 Å². The Morgan fingerprint density at radius 3 is 2.50 bits per heavy atom. The molecule has 138 valence electrons. The highest BCUT2D eigenvalue weighted by atomic mass is 79.9. The highest BCUT2D eigenvalue weighted by molar-refractivity contribution is 9.11. The number of benzene rings is 1. The summed E-state index contributed by atoms with van der Waals surface area (Å²) in [6.07, 6.45) is 7.52. The Balaban J connectivity index is 0.000000339. The van der Waals surface area contributed by atoms with Crippen LogP contribution in [0.3, 0.4) is 0 Å². The lowest BCUT2D eigenvalue weighted by Gasteiger charge is -2.17. The van der Waals surface area contributed by atoms with Gasteiger partial charge in [0, 0.05) is 43.3 Å². The van der Waals surface area contributed by atoms with Gasteiger partial charge in [-0.25, -0.2) is 4.39 Å². The summed E-state index contributed by atoms with van der Waals surface area (Å²) >= 11 is 3.26. The molecule has 2 aliphatic rings. The predicted octanol–water partition coefficient (Wildman–Crippen LogP) is 2.84. The van der Waals surface area contributed by atoms with Crippen molar-refractivity contribution >= 4 is 27.0 Å². The van der Waals surface area contributed by atoms with Crippen molar-refractivity contribution in [1.29, 1.82) is 0 Å². The summed E-state index contributed by atoms with van der Waals surface area (Å²) in [6, 6.07) is 3.01. The van der Waals surface area contributed by atoms with Crippen LogP contribution >= 0.6 is 15.9 Å². The zero-order chi connectivity index (χ0) is 18.4. The van der Waals surface area contributed by atoms with Gasteiger partial charge in [0.1, 0.15) is 5.82 Å². The summed E-state index contributed by atoms with van der Waals surface area (Å²) < 4.78 is 14.7. The molecule has 0 radical (unpaired) electrons. The molecule has 0 bridgehead atoms. The van der Waals surface area contributed by atoms with Crippen molar-refractivity contribution < 1.29 is 9.50 Å². The maximum absolute atomic E-state index is 14.0. The van der Waals surface area contributed by atoms with Crippen LogP contribution < -0.4 is 16.0 Å². The average molecular weight is 422 g/mol. The van der Waals surface area contributed by atoms with Crippen LogP contribution in [0.4, 0.5) is 4.39 Å². The topological polar surface area (TPSA) is 82.1 Å². The zero-order valence-corrected chi connectivity index (χ0v) is 15.8. The number of fused-ring (bicyclic) bond motifs is 1. The molecule has 4 rings (SSSR count). The molecule has 1 saturated heterocycles. The Hall–Kier alpha value is -2.19. The normalized spacial score (nSPS) is 16.6. The number of dihydropyridines is 1. The summed E-state index contributed by atoms with van der Waals surface area (Å²) in [6.45, 7) is 3.26. The second kappa shape index (κ2) is 8.95. The molecule has 2 aliphatic heterocycles. The second-order valence-corrected chi connectivity index (χ2v) is 6.95. The Labute approximate surface area is 159 Å². The summed E-state index contributed by atoms with van der Waals surface area (Å²) in [5, 5.41) is 19.1. The quantitative estimate of drug-likeness (QED) is 0.609. The number of aromatic nitrogens is 2. The third-order valence-electron chi connectivity index (χ3n) is 4.08. The van der Waals surface area contributed by atoms with Crippen molar-refractivity contribution in [3.05, 3.63) is 58.0 Å². The van der Waals surface area contributed by atoms with Gasteiger partial charge in [0.05, 0.1) is 21.2 Å². The minimum absolute atomic E-state index is 0.120. The average Bonchev–Trinajstić information content (AvgIpc) is 3.23. The molecule has 26 heavy (non-hydrogen) atoms. The van der Waals surface area contributed by atoms with E-state index in [2.05, 4.69) is 41.8 Å². The molecule has 3 heterocycles. The molecule has 0 aliphatic carbocycles. The van der Waals surface area contributed by atoms with Gasteiger partial charge < -0.3 is 21.1 Å². The fourth-order valence-electron chi connectivity index (χ4n) is 2.66. The lowest BCUT2D eigenvalue weighted by Crippen LogP contribution is -2.24. The van der Waals surface area contributed by atoms with Crippen molar-refractivity contribution in [3.63, 3.8) is 0 Å². The molecular formula is C18H21BrFN5O. The van der Waals surface area contributed by atoms with Crippen LogP contribution in [0.5, 0.6) is 0 Å². The number of aliphatic hydroxyl groups excluding tert-OH is 1. The number of rotatable bonds is 3. The molecule has 1 fully saturated rings. The van der Waals surface area contributed by atoms with E-state index in [0.717, 1.165) is 0 Å². The first-order valence-corrected chi connectivity index (χ1v) is 9.29. The molecule has 4 N–H and O–H groups in total. The Morgan fingerprint density at radius 2 is 1.85 bits per heavy atom. The number of hydrogen-bond donors (Lipinski definition) is 4. The summed E-state index contributed by atoms with van der Waals surface area (Å²) in [4.78, 5) is 8.21. The third-order valence-corrected chi connectivity index (χ3v) is 4.74. The van der Waals surface area contributed by atoms with E-state index in [4.69, 9.17) is 0 Å². The smallest absolute Gasteiger partial charge is 0.152 e. The summed E-state index contributed by atoms with van der Waals surface area (Å²) in [7, 11) is 0. The van der Waals surface area contributed by atoms with Crippen LogP contribution in [0, 0.1) is 5.82 Å². The number of aliphatic hydroxyl groups is 1. The van der Waals surface area contributed by atoms with Gasteiger partial charge in [-0.1, -0.05) is 0 Å². The van der Waals surface area contributed by atoms with E-state index in [1.807, 2.05) is 0 Å². The van der Waals surface area contributed by atoms with Crippen LogP contribution in [0.1, 0.15) is 18.4 Å². The van der Waals surface area contributed by atoms with E-state index in [1.54, 1.807) is 18.5 Å². The first-order valence-electron chi connectivity index (χ1n) is 8.50. The molecule has 0 saturated carbocycles. The minimum atomic E-state index is -0.359. The van der Waals surface area contributed by atoms with E-state index in [9.17, 15) is 9.50 Å². The maximum Gasteiger partial charge on any atom is 0.152 e. The van der Waals surface area contributed by atoms with E-state index >= 15 is 0 Å². The monoisotopic (exact) mass is 421 g/mol. The number of halogens is 2. The van der Waals surface area contributed by atoms with Crippen LogP contribution in [0.25, 0.3) is 11.0 Å². The Kier molecular flexibility index (Phi) is 6.40. The van der Waals surface area contributed by atoms with Gasteiger partial charge in [-0.15, -0.1) is 0 Å². The molecule has 0 amide bonds. The van der Waals surface area contributed by atoms with Crippen molar-refractivity contribution in [3.8, 4) is 0 Å². The minimum Gasteiger partial charge on any atom is -0.505 e. The van der Waals surface area contributed by atoms with E-state index in [1.165, 1.54) is 38.2 Å². The van der Waals surface area contributed by atoms with Crippen molar-refractivity contribution in [1.82, 2.24) is 25.9 Å². The highest BCUT2D eigenvalue weighted by Gasteiger charge is 2.14. The first-order chi connectivity index (χ1) is 12.6. The van der Waals surface area contributed by atoms with Gasteiger partial charge >= 0.3 is 0 Å². The predicted molar refractivity (Wildman–Crippen MR) is 103 cm³/mol. The first kappa shape index (κ1) is 18.6. The molecule has 2 aromatic rings. The van der Waals surface area contributed by atoms with E-state index in [-0.39, 0.29) is 18.1 Å². The molecule has 8 heteroatoms. The standard InChI is InChI=1S/C14H12BrFN4O.C4H9N/c15-9-6-17-7-13(14(9)21)20-5-8-3-11-12(4-10(8)16)19-2-1-18-11;1-2-4-5-3-1/h1-4,7,17,20-21H,5-6H2;5H,1-4H2. The molecule has 0 spiro atoms. The van der Waals surface area contributed by atoms with Crippen LogP contribution in [0.2, 0.25) is 0 Å². The number of nitrogens with zero attached hydrogens (tertiary/aromatic N) is 2. The fraction of sp³-hybridized carbons (Fsp3) is 0.333. The van der Waals surface area contributed by atoms with Crippen molar-refractivity contribution in [2.24, 2.45) is 0 Å². The van der Waals surface area contributed by atoms with Gasteiger partial charge in [-0.05, 0) is 47.9 Å². The molecule has 6 nitrogen and oxygen atoms in total. The van der Waals surface area contributed by atoms with Gasteiger partial charge in [-0.3, -0.25) is 9.97 Å². The van der Waals surface area contributed by atoms with Crippen LogP contribution in [-0.2, 0) is 6.54 Å². The van der Waals surface area contributed by atoms with Crippen molar-refractivity contribution in [2.45, 2.75) is 19.4 Å². The Morgan fingerprint density at radius 1 is 1.15 bits per heavy atom. The van der Waals surface area contributed by atoms with Gasteiger partial charge in [0.15, 0.2) is 5.76 Å². The maximum atomic E-state index is 14.0. The molecule has 1 aromatic heterocycles. The lowest BCUT2D eigenvalue weighted by molar-refractivity contribution is 0.404. The van der Waals surface area contributed by atoms with Crippen LogP contribution in [0.15, 0.2) is 46.7 Å². The van der Waals surface area contributed by atoms with Crippen LogP contribution in [-0.4, -0.2) is 34.7 Å². The van der Waals surface area contributed by atoms with E-state index in [0.29, 0.717) is 33.3 Å². The zero-order valence-electron chi connectivity index (χ0n) is 14.2. The summed E-state index contributed by atoms with van der Waals surface area (Å²) in [5.74, 6) is -0.239. The molecule has 0 atom stereocenters. The molecule has 0 unspecified atom stereocenters. The Bertz CT molecular complexity index is 828. The van der Waals surface area contributed by atoms with Crippen molar-refractivity contribution in [2.75, 3.05) is 19.6 Å². The third kappa shape index (κ3) is 4.70. The highest BCUT2D eigenvalue weighted by Crippen LogP contribution is 2.20. The van der Waals surface area contributed by atoms with Gasteiger partial charge in [-0.2, -0.15) is 0 Å². The van der Waals surface area contributed by atoms with Gasteiger partial charge in [0.2, 0.25) is 0 Å². The molecule has 1 aromatic carbocycles. The fourth-order valence-corrected chi connectivity index (χ4v) is 3.03. The second-order valence-electron chi connectivity index (χ2n) is 5.99. The lowest BCUT2D eigenvalue weighted by atomic mass is 10.1.